The number of ether oxygens (including phenoxy) is 3. The Morgan fingerprint density at radius 1 is 1.00 bits per heavy atom. The monoisotopic (exact) mass is 411 g/mol. The van der Waals surface area contributed by atoms with Gasteiger partial charge in [0.15, 0.2) is 11.5 Å². The summed E-state index contributed by atoms with van der Waals surface area (Å²) in [5.41, 5.74) is 2.75. The van der Waals surface area contributed by atoms with Crippen LogP contribution < -0.4 is 19.8 Å². The standard InChI is InChI=1S/C23H29N3O4/c1-6-26(7-8-30-17-10-15(2)9-16(3)11-17)14-22-24-19-13-21(29-5)20(28-4)12-18(19)23(27)25-22/h9-13H,6-8,14H2,1-5H3,(H,24,25,27). The lowest BCUT2D eigenvalue weighted by atomic mass is 10.1. The molecule has 7 heteroatoms. The van der Waals surface area contributed by atoms with Crippen molar-refractivity contribution in [1.29, 1.82) is 0 Å². The lowest BCUT2D eigenvalue weighted by Gasteiger charge is -2.20. The van der Waals surface area contributed by atoms with E-state index >= 15 is 0 Å². The van der Waals surface area contributed by atoms with Crippen LogP contribution in [0.25, 0.3) is 10.9 Å². The summed E-state index contributed by atoms with van der Waals surface area (Å²) in [6.07, 6.45) is 0. The van der Waals surface area contributed by atoms with Gasteiger partial charge in [0, 0.05) is 12.6 Å². The van der Waals surface area contributed by atoms with E-state index in [1.165, 1.54) is 11.1 Å². The highest BCUT2D eigenvalue weighted by atomic mass is 16.5. The molecule has 0 aliphatic heterocycles. The minimum Gasteiger partial charge on any atom is -0.493 e. The van der Waals surface area contributed by atoms with E-state index in [-0.39, 0.29) is 5.56 Å². The van der Waals surface area contributed by atoms with Gasteiger partial charge in [0.1, 0.15) is 18.2 Å². The zero-order chi connectivity index (χ0) is 21.7. The topological polar surface area (TPSA) is 76.7 Å². The maximum Gasteiger partial charge on any atom is 0.258 e. The van der Waals surface area contributed by atoms with Gasteiger partial charge in [0.25, 0.3) is 5.56 Å². The Morgan fingerprint density at radius 2 is 1.67 bits per heavy atom. The summed E-state index contributed by atoms with van der Waals surface area (Å²) in [5, 5.41) is 0.470. The molecule has 0 bridgehead atoms. The second-order valence-corrected chi connectivity index (χ2v) is 7.28. The summed E-state index contributed by atoms with van der Waals surface area (Å²) >= 11 is 0. The molecule has 1 heterocycles. The molecule has 2 aromatic carbocycles. The van der Waals surface area contributed by atoms with Crippen LogP contribution in [0.2, 0.25) is 0 Å². The van der Waals surface area contributed by atoms with Crippen LogP contribution in [0.15, 0.2) is 35.1 Å². The van der Waals surface area contributed by atoms with Gasteiger partial charge >= 0.3 is 0 Å². The molecular formula is C23H29N3O4. The molecule has 0 radical (unpaired) electrons. The normalized spacial score (nSPS) is 11.1. The number of methoxy groups -OCH3 is 2. The second kappa shape index (κ2) is 9.63. The van der Waals surface area contributed by atoms with Crippen LogP contribution in [-0.2, 0) is 6.54 Å². The first-order valence-corrected chi connectivity index (χ1v) is 10.0. The predicted molar refractivity (Wildman–Crippen MR) is 118 cm³/mol. The Hall–Kier alpha value is -3.06. The first-order chi connectivity index (χ1) is 14.4. The number of H-pyrrole nitrogens is 1. The van der Waals surface area contributed by atoms with Gasteiger partial charge in [-0.25, -0.2) is 4.98 Å². The van der Waals surface area contributed by atoms with Crippen molar-refractivity contribution in [3.05, 3.63) is 57.6 Å². The molecule has 1 N–H and O–H groups in total. The summed E-state index contributed by atoms with van der Waals surface area (Å²) in [7, 11) is 3.10. The summed E-state index contributed by atoms with van der Waals surface area (Å²) in [4.78, 5) is 22.2. The maximum atomic E-state index is 12.6. The number of rotatable bonds is 9. The molecule has 3 rings (SSSR count). The minimum absolute atomic E-state index is 0.196. The van der Waals surface area contributed by atoms with Crippen LogP contribution in [0.1, 0.15) is 23.9 Å². The van der Waals surface area contributed by atoms with Gasteiger partial charge in [-0.3, -0.25) is 9.69 Å². The largest absolute Gasteiger partial charge is 0.493 e. The van der Waals surface area contributed by atoms with Gasteiger partial charge in [0.2, 0.25) is 0 Å². The summed E-state index contributed by atoms with van der Waals surface area (Å²) < 4.78 is 16.5. The van der Waals surface area contributed by atoms with Crippen molar-refractivity contribution >= 4 is 10.9 Å². The van der Waals surface area contributed by atoms with E-state index in [4.69, 9.17) is 14.2 Å². The molecule has 1 aromatic heterocycles. The van der Waals surface area contributed by atoms with Crippen molar-refractivity contribution < 1.29 is 14.2 Å². The zero-order valence-electron chi connectivity index (χ0n) is 18.2. The molecule has 7 nitrogen and oxygen atoms in total. The molecule has 0 unspecified atom stereocenters. The van der Waals surface area contributed by atoms with Crippen LogP contribution in [0.5, 0.6) is 17.2 Å². The third kappa shape index (κ3) is 5.10. The first kappa shape index (κ1) is 21.6. The van der Waals surface area contributed by atoms with Crippen molar-refractivity contribution in [3.8, 4) is 17.2 Å². The molecular weight excluding hydrogens is 382 g/mol. The lowest BCUT2D eigenvalue weighted by Crippen LogP contribution is -2.29. The smallest absolute Gasteiger partial charge is 0.258 e. The van der Waals surface area contributed by atoms with Gasteiger partial charge in [-0.2, -0.15) is 0 Å². The van der Waals surface area contributed by atoms with Crippen LogP contribution in [0.4, 0.5) is 0 Å². The van der Waals surface area contributed by atoms with Crippen molar-refractivity contribution in [2.75, 3.05) is 33.9 Å². The molecule has 30 heavy (non-hydrogen) atoms. The molecule has 0 fully saturated rings. The number of aryl methyl sites for hydroxylation is 2. The Labute approximate surface area is 176 Å². The van der Waals surface area contributed by atoms with E-state index in [2.05, 4.69) is 41.7 Å². The summed E-state index contributed by atoms with van der Waals surface area (Å²) in [6.45, 7) is 8.80. The Morgan fingerprint density at radius 3 is 2.30 bits per heavy atom. The first-order valence-electron chi connectivity index (χ1n) is 10.0. The van der Waals surface area contributed by atoms with E-state index in [1.54, 1.807) is 26.4 Å². The molecule has 0 aliphatic carbocycles. The van der Waals surface area contributed by atoms with Crippen molar-refractivity contribution in [2.45, 2.75) is 27.3 Å². The summed E-state index contributed by atoms with van der Waals surface area (Å²) in [6, 6.07) is 9.57. The molecule has 0 aliphatic rings. The molecule has 0 saturated heterocycles. The zero-order valence-corrected chi connectivity index (χ0v) is 18.2. The van der Waals surface area contributed by atoms with Crippen LogP contribution in [0.3, 0.4) is 0 Å². The maximum absolute atomic E-state index is 12.6. The van der Waals surface area contributed by atoms with Gasteiger partial charge < -0.3 is 19.2 Å². The van der Waals surface area contributed by atoms with Crippen LogP contribution in [0, 0.1) is 13.8 Å². The third-order valence-electron chi connectivity index (χ3n) is 4.95. The molecule has 0 amide bonds. The molecule has 160 valence electrons. The molecule has 0 atom stereocenters. The fraction of sp³-hybridized carbons (Fsp3) is 0.391. The molecule has 0 saturated carbocycles. The number of aromatic amines is 1. The molecule has 0 spiro atoms. The van der Waals surface area contributed by atoms with Gasteiger partial charge in [-0.1, -0.05) is 13.0 Å². The highest BCUT2D eigenvalue weighted by Gasteiger charge is 2.13. The van der Waals surface area contributed by atoms with Crippen LogP contribution >= 0.6 is 0 Å². The number of fused-ring (bicyclic) bond motifs is 1. The highest BCUT2D eigenvalue weighted by Crippen LogP contribution is 2.29. The van der Waals surface area contributed by atoms with Gasteiger partial charge in [-0.05, 0) is 49.7 Å². The number of aromatic nitrogens is 2. The quantitative estimate of drug-likeness (QED) is 0.581. The molecule has 3 aromatic rings. The second-order valence-electron chi connectivity index (χ2n) is 7.28. The fourth-order valence-electron chi connectivity index (χ4n) is 3.46. The Kier molecular flexibility index (Phi) is 6.95. The average Bonchev–Trinajstić information content (AvgIpc) is 2.71. The number of benzene rings is 2. The Bertz CT molecular complexity index is 1060. The highest BCUT2D eigenvalue weighted by molar-refractivity contribution is 5.81. The van der Waals surface area contributed by atoms with E-state index in [9.17, 15) is 4.79 Å². The number of nitrogens with zero attached hydrogens (tertiary/aromatic N) is 2. The van der Waals surface area contributed by atoms with Crippen LogP contribution in [-0.4, -0.2) is 48.8 Å². The van der Waals surface area contributed by atoms with E-state index in [1.807, 2.05) is 12.1 Å². The number of hydrogen-bond donors (Lipinski definition) is 1. The SMILES string of the molecule is CCN(CCOc1cc(C)cc(C)c1)Cc1nc2cc(OC)c(OC)cc2c(=O)[nH]1. The lowest BCUT2D eigenvalue weighted by molar-refractivity contribution is 0.206. The van der Waals surface area contributed by atoms with Crippen molar-refractivity contribution in [2.24, 2.45) is 0 Å². The van der Waals surface area contributed by atoms with Gasteiger partial charge in [0.05, 0.1) is 31.7 Å². The predicted octanol–water partition coefficient (Wildman–Crippen LogP) is 3.46. The number of likely N-dealkylation sites (N-methyl/N-ethyl adjacent to an activating group) is 1. The number of nitrogens with one attached hydrogen (secondary N) is 1. The fourth-order valence-corrected chi connectivity index (χ4v) is 3.46. The van der Waals surface area contributed by atoms with E-state index < -0.39 is 0 Å². The van der Waals surface area contributed by atoms with Gasteiger partial charge in [-0.15, -0.1) is 0 Å². The third-order valence-corrected chi connectivity index (χ3v) is 4.95. The van der Waals surface area contributed by atoms with Crippen molar-refractivity contribution in [1.82, 2.24) is 14.9 Å². The minimum atomic E-state index is -0.196. The Balaban J connectivity index is 1.72. The van der Waals surface area contributed by atoms with Crippen molar-refractivity contribution in [3.63, 3.8) is 0 Å². The summed E-state index contributed by atoms with van der Waals surface area (Å²) in [5.74, 6) is 2.53. The van der Waals surface area contributed by atoms with E-state index in [0.29, 0.717) is 41.4 Å². The average molecular weight is 412 g/mol. The number of hydrogen-bond acceptors (Lipinski definition) is 6. The van der Waals surface area contributed by atoms with E-state index in [0.717, 1.165) is 18.8 Å².